The Morgan fingerprint density at radius 1 is 1.16 bits per heavy atom. The number of aliphatic hydroxyl groups excluding tert-OH is 1. The van der Waals surface area contributed by atoms with Crippen LogP contribution in [0.3, 0.4) is 0 Å². The van der Waals surface area contributed by atoms with Crippen LogP contribution >= 0.6 is 11.8 Å². The number of benzene rings is 3. The van der Waals surface area contributed by atoms with Gasteiger partial charge in [-0.1, -0.05) is 18.2 Å². The number of rotatable bonds is 9. The molecule has 1 atom stereocenters. The van der Waals surface area contributed by atoms with Crippen molar-refractivity contribution in [1.29, 1.82) is 0 Å². The predicted octanol–water partition coefficient (Wildman–Crippen LogP) is 7.85. The van der Waals surface area contributed by atoms with Gasteiger partial charge in [0.1, 0.15) is 29.4 Å². The molecule has 0 radical (unpaired) electrons. The van der Waals surface area contributed by atoms with Crippen LogP contribution in [0.5, 0.6) is 17.2 Å². The Labute approximate surface area is 262 Å². The third-order valence-electron chi connectivity index (χ3n) is 8.27. The van der Waals surface area contributed by atoms with Gasteiger partial charge in [0, 0.05) is 53.2 Å². The van der Waals surface area contributed by atoms with Crippen LogP contribution in [0, 0.1) is 17.5 Å². The fourth-order valence-corrected chi connectivity index (χ4v) is 6.95. The number of imidazole rings is 1. The van der Waals surface area contributed by atoms with E-state index in [1.54, 1.807) is 18.5 Å². The highest BCUT2D eigenvalue weighted by atomic mass is 32.2. The molecule has 2 aromatic heterocycles. The van der Waals surface area contributed by atoms with Crippen molar-refractivity contribution < 1.29 is 32.5 Å². The summed E-state index contributed by atoms with van der Waals surface area (Å²) in [7, 11) is 1.00. The second-order valence-electron chi connectivity index (χ2n) is 11.2. The average molecular weight is 636 g/mol. The number of fused-ring (bicyclic) bond motifs is 2. The molecule has 0 bridgehead atoms. The molecule has 0 unspecified atom stereocenters. The summed E-state index contributed by atoms with van der Waals surface area (Å²) in [5.74, 6) is -1.66. The number of carbonyl (C=O) groups excluding carboxylic acids is 1. The minimum atomic E-state index is -1.09. The zero-order valence-corrected chi connectivity index (χ0v) is 25.6. The number of aromatic amines is 2. The smallest absolute Gasteiger partial charge is 0.204 e. The quantitative estimate of drug-likeness (QED) is 0.143. The minimum Gasteiger partial charge on any atom is -0.493 e. The summed E-state index contributed by atoms with van der Waals surface area (Å²) in [5.41, 5.74) is 2.44. The van der Waals surface area contributed by atoms with Crippen LogP contribution in [0.1, 0.15) is 49.4 Å². The van der Waals surface area contributed by atoms with Crippen LogP contribution in [0.2, 0.25) is 0 Å². The van der Waals surface area contributed by atoms with E-state index >= 15 is 8.78 Å². The Bertz CT molecular complexity index is 1870. The number of aryl methyl sites for hydroxylation is 1. The fraction of sp³-hybridized carbons (Fsp3) is 0.294. The first kappa shape index (κ1) is 30.8. The lowest BCUT2D eigenvalue weighted by Crippen LogP contribution is -2.32. The van der Waals surface area contributed by atoms with E-state index in [-0.39, 0.29) is 28.4 Å². The summed E-state index contributed by atoms with van der Waals surface area (Å²) >= 11 is 1.46. The van der Waals surface area contributed by atoms with Crippen LogP contribution in [-0.4, -0.2) is 45.3 Å². The van der Waals surface area contributed by atoms with Crippen molar-refractivity contribution in [1.82, 2.24) is 15.0 Å². The number of nitrogens with one attached hydrogen (secondary N) is 2. The lowest BCUT2D eigenvalue weighted by Gasteiger charge is -2.36. The summed E-state index contributed by atoms with van der Waals surface area (Å²) < 4.78 is 57.5. The van der Waals surface area contributed by atoms with Crippen molar-refractivity contribution in [2.24, 2.45) is 0 Å². The maximum absolute atomic E-state index is 15.3. The van der Waals surface area contributed by atoms with Crippen molar-refractivity contribution in [3.05, 3.63) is 89.1 Å². The van der Waals surface area contributed by atoms with E-state index in [0.29, 0.717) is 41.4 Å². The molecular formula is C34H32F3N3O4S. The molecule has 11 heteroatoms. The first-order valence-corrected chi connectivity index (χ1v) is 15.6. The van der Waals surface area contributed by atoms with Crippen LogP contribution in [0.25, 0.3) is 22.3 Å². The number of aldehydes is 1. The standard InChI is InChI=1S/C33H28F3N3O3S.CH4O/c1-33(12-15-41-29-18(5-3-14-40)4-2-6-23(29)33)25-17-38-32(39-25)22-16-19(7-10-24(22)34)42-30-27(36)26(35)28-21(11-13-37-28)31(30)43-20-8-9-20;1-2/h2,4,6-7,10-11,13-14,16-17,20,37H,3,5,8-9,12,15H2,1H3,(H,38,39);2H,1H3/t33-;/m0./s1. The molecule has 45 heavy (non-hydrogen) atoms. The van der Waals surface area contributed by atoms with Gasteiger partial charge >= 0.3 is 0 Å². The Balaban J connectivity index is 0.00000175. The fourth-order valence-electron chi connectivity index (χ4n) is 5.71. The van der Waals surface area contributed by atoms with Gasteiger partial charge in [-0.25, -0.2) is 13.8 Å². The number of nitrogens with zero attached hydrogens (tertiary/aromatic N) is 1. The largest absolute Gasteiger partial charge is 0.493 e. The van der Waals surface area contributed by atoms with Gasteiger partial charge in [-0.2, -0.15) is 4.39 Å². The summed E-state index contributed by atoms with van der Waals surface area (Å²) in [5, 5.41) is 7.86. The zero-order valence-electron chi connectivity index (χ0n) is 24.8. The van der Waals surface area contributed by atoms with Gasteiger partial charge in [-0.15, -0.1) is 11.8 Å². The maximum atomic E-state index is 15.3. The molecule has 1 saturated carbocycles. The maximum Gasteiger partial charge on any atom is 0.204 e. The van der Waals surface area contributed by atoms with Gasteiger partial charge in [-0.3, -0.25) is 0 Å². The Kier molecular flexibility index (Phi) is 8.65. The number of aliphatic hydroxyl groups is 1. The van der Waals surface area contributed by atoms with Gasteiger partial charge < -0.3 is 29.3 Å². The van der Waals surface area contributed by atoms with E-state index < -0.39 is 22.9 Å². The zero-order chi connectivity index (χ0) is 31.7. The topological polar surface area (TPSA) is 100 Å². The second kappa shape index (κ2) is 12.6. The Morgan fingerprint density at radius 2 is 1.98 bits per heavy atom. The molecule has 3 N–H and O–H groups in total. The monoisotopic (exact) mass is 635 g/mol. The van der Waals surface area contributed by atoms with Crippen LogP contribution in [-0.2, 0) is 16.6 Å². The number of para-hydroxylation sites is 1. The van der Waals surface area contributed by atoms with Crippen molar-refractivity contribution in [2.75, 3.05) is 13.7 Å². The van der Waals surface area contributed by atoms with Gasteiger partial charge in [0.15, 0.2) is 11.6 Å². The molecule has 2 aliphatic rings. The summed E-state index contributed by atoms with van der Waals surface area (Å²) in [6.07, 6.45) is 7.79. The van der Waals surface area contributed by atoms with Gasteiger partial charge in [0.2, 0.25) is 5.82 Å². The molecule has 3 aromatic carbocycles. The number of H-pyrrole nitrogens is 2. The third-order valence-corrected chi connectivity index (χ3v) is 9.72. The van der Waals surface area contributed by atoms with E-state index in [2.05, 4.69) is 21.9 Å². The molecule has 1 aliphatic carbocycles. The molecule has 5 aromatic rings. The molecule has 1 aliphatic heterocycles. The molecule has 7 rings (SSSR count). The van der Waals surface area contributed by atoms with Crippen LogP contribution in [0.15, 0.2) is 59.8 Å². The number of halogens is 3. The molecule has 1 fully saturated rings. The van der Waals surface area contributed by atoms with Crippen molar-refractivity contribution in [2.45, 2.75) is 54.6 Å². The molecule has 0 saturated heterocycles. The van der Waals surface area contributed by atoms with Crippen LogP contribution < -0.4 is 9.47 Å². The van der Waals surface area contributed by atoms with Gasteiger partial charge in [-0.05, 0) is 62.4 Å². The second-order valence-corrected chi connectivity index (χ2v) is 12.5. The number of hydrogen-bond acceptors (Lipinski definition) is 6. The minimum absolute atomic E-state index is 0.0925. The van der Waals surface area contributed by atoms with E-state index in [4.69, 9.17) is 14.6 Å². The lowest BCUT2D eigenvalue weighted by molar-refractivity contribution is -0.107. The van der Waals surface area contributed by atoms with Crippen molar-refractivity contribution >= 4 is 29.0 Å². The summed E-state index contributed by atoms with van der Waals surface area (Å²) in [6.45, 7) is 2.56. The molecule has 234 valence electrons. The van der Waals surface area contributed by atoms with Crippen LogP contribution in [0.4, 0.5) is 13.2 Å². The first-order valence-electron chi connectivity index (χ1n) is 14.7. The molecule has 7 nitrogen and oxygen atoms in total. The Hall–Kier alpha value is -4.22. The molecule has 0 spiro atoms. The number of thioether (sulfide) groups is 1. The molecule has 3 heterocycles. The SMILES string of the molecule is CO.C[C@]1(c2cnc(-c3cc(Oc4c(F)c(F)c5[nH]ccc5c4SC4CC4)ccc3F)[nH]2)CCOc2c(CCC=O)cccc21. The summed E-state index contributed by atoms with van der Waals surface area (Å²) in [4.78, 5) is 22.1. The van der Waals surface area contributed by atoms with E-state index in [1.165, 1.54) is 30.0 Å². The third kappa shape index (κ3) is 5.70. The number of carbonyl (C=O) groups is 1. The number of aromatic nitrogens is 3. The van der Waals surface area contributed by atoms with Crippen molar-refractivity contribution in [3.8, 4) is 28.6 Å². The van der Waals surface area contributed by atoms with Gasteiger partial charge in [0.05, 0.1) is 22.6 Å². The van der Waals surface area contributed by atoms with Crippen molar-refractivity contribution in [3.63, 3.8) is 0 Å². The van der Waals surface area contributed by atoms with Gasteiger partial charge in [0.25, 0.3) is 0 Å². The first-order chi connectivity index (χ1) is 21.9. The summed E-state index contributed by atoms with van der Waals surface area (Å²) in [6, 6.07) is 11.7. The highest BCUT2D eigenvalue weighted by Crippen LogP contribution is 2.49. The number of ether oxygens (including phenoxy) is 2. The molecule has 0 amide bonds. The van der Waals surface area contributed by atoms with E-state index in [9.17, 15) is 9.18 Å². The highest BCUT2D eigenvalue weighted by Gasteiger charge is 2.38. The average Bonchev–Trinajstić information content (AvgIpc) is 3.50. The Morgan fingerprint density at radius 3 is 2.76 bits per heavy atom. The highest BCUT2D eigenvalue weighted by molar-refractivity contribution is 8.00. The van der Waals surface area contributed by atoms with E-state index in [1.807, 2.05) is 18.2 Å². The lowest BCUT2D eigenvalue weighted by atomic mass is 9.74. The van der Waals surface area contributed by atoms with E-state index in [0.717, 1.165) is 48.8 Å². The predicted molar refractivity (Wildman–Crippen MR) is 167 cm³/mol. The number of hydrogen-bond donors (Lipinski definition) is 3. The molecular weight excluding hydrogens is 603 g/mol. The normalized spacial score (nSPS) is 17.3.